The quantitative estimate of drug-likeness (QED) is 0.785. The molecule has 0 atom stereocenters. The highest BCUT2D eigenvalue weighted by Gasteiger charge is 2.17. The Labute approximate surface area is 131 Å². The van der Waals surface area contributed by atoms with Crippen LogP contribution in [0.25, 0.3) is 22.0 Å². The maximum atomic E-state index is 13.5. The summed E-state index contributed by atoms with van der Waals surface area (Å²) in [4.78, 5) is 11.5. The first-order valence-electron chi connectivity index (χ1n) is 7.08. The van der Waals surface area contributed by atoms with Crippen molar-refractivity contribution < 1.29 is 18.7 Å². The van der Waals surface area contributed by atoms with E-state index in [1.54, 1.807) is 10.7 Å². The van der Waals surface area contributed by atoms with E-state index in [4.69, 9.17) is 0 Å². The zero-order chi connectivity index (χ0) is 16.7. The lowest BCUT2D eigenvalue weighted by Crippen LogP contribution is -2.03. The Kier molecular flexibility index (Phi) is 3.60. The molecule has 0 saturated heterocycles. The van der Waals surface area contributed by atoms with Gasteiger partial charge in [0.25, 0.3) is 0 Å². The summed E-state index contributed by atoms with van der Waals surface area (Å²) in [7, 11) is 0. The number of carbonyl (C=O) groups is 1. The highest BCUT2D eigenvalue weighted by atomic mass is 19.2. The molecule has 3 rings (SSSR count). The predicted octanol–water partition coefficient (Wildman–Crippen LogP) is 4.26. The molecule has 0 saturated carbocycles. The van der Waals surface area contributed by atoms with E-state index >= 15 is 0 Å². The number of hydrogen-bond donors (Lipinski definition) is 1. The topological polar surface area (TPSA) is 55.1 Å². The Morgan fingerprint density at radius 1 is 1.13 bits per heavy atom. The summed E-state index contributed by atoms with van der Waals surface area (Å²) in [6, 6.07) is 6.72. The molecule has 0 fully saturated rings. The largest absolute Gasteiger partial charge is 0.478 e. The molecule has 6 heteroatoms. The first-order chi connectivity index (χ1) is 10.9. The van der Waals surface area contributed by atoms with E-state index in [0.717, 1.165) is 12.1 Å². The smallest absolute Gasteiger partial charge is 0.336 e. The standard InChI is InChI=1S/C17H14F2N2O2/c1-9(2)21-16-7-11(10-3-4-14(18)15(19)6-10)5-12(17(22)23)13(16)8-20-21/h3-9H,1-2H3,(H,22,23). The van der Waals surface area contributed by atoms with Crippen LogP contribution in [0.5, 0.6) is 0 Å². The number of hydrogen-bond acceptors (Lipinski definition) is 2. The molecule has 118 valence electrons. The third-order valence-electron chi connectivity index (χ3n) is 3.69. The number of fused-ring (bicyclic) bond motifs is 1. The molecule has 1 aromatic heterocycles. The molecular weight excluding hydrogens is 302 g/mol. The average Bonchev–Trinajstić information content (AvgIpc) is 2.92. The zero-order valence-electron chi connectivity index (χ0n) is 12.5. The summed E-state index contributed by atoms with van der Waals surface area (Å²) in [6.45, 7) is 3.86. The number of aromatic nitrogens is 2. The van der Waals surface area contributed by atoms with Crippen LogP contribution in [-0.2, 0) is 0 Å². The highest BCUT2D eigenvalue weighted by Crippen LogP contribution is 2.30. The minimum Gasteiger partial charge on any atom is -0.478 e. The molecular formula is C17H14F2N2O2. The fourth-order valence-corrected chi connectivity index (χ4v) is 2.58. The van der Waals surface area contributed by atoms with Crippen molar-refractivity contribution in [3.63, 3.8) is 0 Å². The van der Waals surface area contributed by atoms with Gasteiger partial charge in [-0.05, 0) is 49.2 Å². The van der Waals surface area contributed by atoms with Crippen LogP contribution in [0.4, 0.5) is 8.78 Å². The highest BCUT2D eigenvalue weighted by molar-refractivity contribution is 6.04. The van der Waals surface area contributed by atoms with E-state index in [0.29, 0.717) is 22.0 Å². The third-order valence-corrected chi connectivity index (χ3v) is 3.69. The van der Waals surface area contributed by atoms with Gasteiger partial charge in [0, 0.05) is 11.4 Å². The molecule has 0 aliphatic heterocycles. The molecule has 4 nitrogen and oxygen atoms in total. The Balaban J connectivity index is 2.30. The zero-order valence-corrected chi connectivity index (χ0v) is 12.5. The Morgan fingerprint density at radius 3 is 2.48 bits per heavy atom. The Morgan fingerprint density at radius 2 is 1.87 bits per heavy atom. The van der Waals surface area contributed by atoms with Gasteiger partial charge in [-0.2, -0.15) is 5.10 Å². The number of benzene rings is 2. The number of nitrogens with zero attached hydrogens (tertiary/aromatic N) is 2. The van der Waals surface area contributed by atoms with Crippen molar-refractivity contribution in [1.82, 2.24) is 9.78 Å². The molecule has 23 heavy (non-hydrogen) atoms. The Bertz CT molecular complexity index is 916. The van der Waals surface area contributed by atoms with Crippen LogP contribution >= 0.6 is 0 Å². The minimum atomic E-state index is -1.09. The number of carboxylic acid groups (broad SMARTS) is 1. The van der Waals surface area contributed by atoms with Crippen molar-refractivity contribution in [2.75, 3.05) is 0 Å². The normalized spacial score (nSPS) is 11.3. The van der Waals surface area contributed by atoms with Crippen LogP contribution in [0, 0.1) is 11.6 Å². The summed E-state index contributed by atoms with van der Waals surface area (Å²) >= 11 is 0. The van der Waals surface area contributed by atoms with E-state index in [2.05, 4.69) is 5.10 Å². The van der Waals surface area contributed by atoms with Gasteiger partial charge in [0.05, 0.1) is 17.3 Å². The van der Waals surface area contributed by atoms with Gasteiger partial charge in [0.1, 0.15) is 0 Å². The van der Waals surface area contributed by atoms with Crippen molar-refractivity contribution in [2.45, 2.75) is 19.9 Å². The van der Waals surface area contributed by atoms with Crippen LogP contribution in [0.15, 0.2) is 36.5 Å². The van der Waals surface area contributed by atoms with Crippen molar-refractivity contribution in [3.05, 3.63) is 53.7 Å². The molecule has 0 amide bonds. The molecule has 0 aliphatic rings. The number of rotatable bonds is 3. The summed E-state index contributed by atoms with van der Waals surface area (Å²) in [5.41, 5.74) is 1.62. The first-order valence-corrected chi connectivity index (χ1v) is 7.08. The summed E-state index contributed by atoms with van der Waals surface area (Å²) in [6.07, 6.45) is 1.51. The minimum absolute atomic E-state index is 0.0364. The molecule has 2 aromatic carbocycles. The molecule has 0 aliphatic carbocycles. The third kappa shape index (κ3) is 2.56. The Hall–Kier alpha value is -2.76. The number of halogens is 2. The van der Waals surface area contributed by atoms with Gasteiger partial charge in [-0.25, -0.2) is 13.6 Å². The lowest BCUT2D eigenvalue weighted by Gasteiger charge is -2.10. The van der Waals surface area contributed by atoms with Crippen molar-refractivity contribution >= 4 is 16.9 Å². The lowest BCUT2D eigenvalue weighted by molar-refractivity contribution is 0.0699. The molecule has 1 heterocycles. The number of aromatic carboxylic acids is 1. The van der Waals surface area contributed by atoms with E-state index in [1.165, 1.54) is 18.3 Å². The van der Waals surface area contributed by atoms with E-state index in [-0.39, 0.29) is 11.6 Å². The maximum absolute atomic E-state index is 13.5. The number of carboxylic acids is 1. The van der Waals surface area contributed by atoms with Crippen LogP contribution in [0.1, 0.15) is 30.2 Å². The second kappa shape index (κ2) is 5.46. The van der Waals surface area contributed by atoms with Crippen molar-refractivity contribution in [3.8, 4) is 11.1 Å². The average molecular weight is 316 g/mol. The van der Waals surface area contributed by atoms with Crippen molar-refractivity contribution in [2.24, 2.45) is 0 Å². The van der Waals surface area contributed by atoms with Crippen LogP contribution < -0.4 is 0 Å². The summed E-state index contributed by atoms with van der Waals surface area (Å²) < 4.78 is 28.3. The van der Waals surface area contributed by atoms with Crippen molar-refractivity contribution in [1.29, 1.82) is 0 Å². The molecule has 3 aromatic rings. The van der Waals surface area contributed by atoms with Gasteiger partial charge < -0.3 is 5.11 Å². The van der Waals surface area contributed by atoms with E-state index in [1.807, 2.05) is 13.8 Å². The van der Waals surface area contributed by atoms with Crippen LogP contribution in [0.3, 0.4) is 0 Å². The van der Waals surface area contributed by atoms with Crippen LogP contribution in [0.2, 0.25) is 0 Å². The van der Waals surface area contributed by atoms with Gasteiger partial charge >= 0.3 is 5.97 Å². The van der Waals surface area contributed by atoms with Gasteiger partial charge in [0.2, 0.25) is 0 Å². The second-order valence-electron chi connectivity index (χ2n) is 5.57. The molecule has 1 N–H and O–H groups in total. The monoisotopic (exact) mass is 316 g/mol. The lowest BCUT2D eigenvalue weighted by atomic mass is 10.00. The first kappa shape index (κ1) is 15.1. The molecule has 0 bridgehead atoms. The molecule has 0 unspecified atom stereocenters. The van der Waals surface area contributed by atoms with Gasteiger partial charge in [-0.3, -0.25) is 4.68 Å². The molecule has 0 spiro atoms. The van der Waals surface area contributed by atoms with Gasteiger partial charge in [-0.15, -0.1) is 0 Å². The van der Waals surface area contributed by atoms with Gasteiger partial charge in [-0.1, -0.05) is 6.07 Å². The summed E-state index contributed by atoms with van der Waals surface area (Å²) in [5, 5.41) is 14.2. The SMILES string of the molecule is CC(C)n1ncc2c(C(=O)O)cc(-c3ccc(F)c(F)c3)cc21. The van der Waals surface area contributed by atoms with Gasteiger partial charge in [0.15, 0.2) is 11.6 Å². The van der Waals surface area contributed by atoms with E-state index < -0.39 is 17.6 Å². The fourth-order valence-electron chi connectivity index (χ4n) is 2.58. The second-order valence-corrected chi connectivity index (χ2v) is 5.57. The fraction of sp³-hybridized carbons (Fsp3) is 0.176. The van der Waals surface area contributed by atoms with E-state index in [9.17, 15) is 18.7 Å². The maximum Gasteiger partial charge on any atom is 0.336 e. The molecule has 0 radical (unpaired) electrons. The summed E-state index contributed by atoms with van der Waals surface area (Å²) in [5.74, 6) is -3.01. The van der Waals surface area contributed by atoms with Crippen LogP contribution in [-0.4, -0.2) is 20.9 Å². The predicted molar refractivity (Wildman–Crippen MR) is 82.4 cm³/mol.